The normalized spacial score (nSPS) is 12.6. The standard InChI is InChI=1S/C15H25ClN2/c1-2-3-4-5-6-7-8-9-15(17)13-10-11-18-12-14(13)16/h10-12,15H,2-9,17H2,1H3. The molecule has 2 N–H and O–H groups in total. The first-order valence-corrected chi connectivity index (χ1v) is 7.48. The minimum atomic E-state index is 0.0520. The van der Waals surface area contributed by atoms with E-state index in [0.717, 1.165) is 12.0 Å². The Bertz CT molecular complexity index is 328. The van der Waals surface area contributed by atoms with Crippen LogP contribution in [-0.2, 0) is 0 Å². The molecule has 1 rings (SSSR count). The Hall–Kier alpha value is -0.600. The summed E-state index contributed by atoms with van der Waals surface area (Å²) in [5, 5.41) is 0.688. The molecular formula is C15H25ClN2. The number of nitrogens with two attached hydrogens (primary N) is 1. The molecule has 0 aliphatic rings. The fraction of sp³-hybridized carbons (Fsp3) is 0.667. The monoisotopic (exact) mass is 268 g/mol. The SMILES string of the molecule is CCCCCCCCCC(N)c1ccncc1Cl. The van der Waals surface area contributed by atoms with Gasteiger partial charge in [0.2, 0.25) is 0 Å². The molecule has 1 aromatic heterocycles. The van der Waals surface area contributed by atoms with Crippen LogP contribution in [0.15, 0.2) is 18.5 Å². The van der Waals surface area contributed by atoms with Gasteiger partial charge in [-0.1, -0.05) is 63.5 Å². The molecule has 0 radical (unpaired) electrons. The van der Waals surface area contributed by atoms with Crippen molar-refractivity contribution in [1.29, 1.82) is 0 Å². The van der Waals surface area contributed by atoms with Crippen molar-refractivity contribution in [3.63, 3.8) is 0 Å². The van der Waals surface area contributed by atoms with Crippen LogP contribution in [0.2, 0.25) is 5.02 Å². The number of unbranched alkanes of at least 4 members (excludes halogenated alkanes) is 6. The fourth-order valence-corrected chi connectivity index (χ4v) is 2.42. The third-order valence-electron chi connectivity index (χ3n) is 3.32. The summed E-state index contributed by atoms with van der Waals surface area (Å²) in [6.45, 7) is 2.25. The van der Waals surface area contributed by atoms with Gasteiger partial charge in [-0.25, -0.2) is 0 Å². The second-order valence-corrected chi connectivity index (χ2v) is 5.32. The Labute approximate surface area is 116 Å². The van der Waals surface area contributed by atoms with Crippen LogP contribution in [-0.4, -0.2) is 4.98 Å². The van der Waals surface area contributed by atoms with E-state index >= 15 is 0 Å². The third kappa shape index (κ3) is 5.83. The van der Waals surface area contributed by atoms with E-state index in [1.807, 2.05) is 6.07 Å². The van der Waals surface area contributed by atoms with Gasteiger partial charge in [0, 0.05) is 18.4 Å². The van der Waals surface area contributed by atoms with E-state index in [1.165, 1.54) is 44.9 Å². The second kappa shape index (κ2) is 9.35. The molecule has 1 aromatic rings. The van der Waals surface area contributed by atoms with E-state index in [1.54, 1.807) is 12.4 Å². The molecule has 3 heteroatoms. The van der Waals surface area contributed by atoms with Crippen LogP contribution in [0.3, 0.4) is 0 Å². The van der Waals surface area contributed by atoms with Crippen molar-refractivity contribution in [3.8, 4) is 0 Å². The maximum absolute atomic E-state index is 6.15. The largest absolute Gasteiger partial charge is 0.324 e. The fourth-order valence-electron chi connectivity index (χ4n) is 2.16. The molecule has 0 saturated carbocycles. The van der Waals surface area contributed by atoms with Crippen molar-refractivity contribution in [2.24, 2.45) is 5.73 Å². The first kappa shape index (κ1) is 15.5. The summed E-state index contributed by atoms with van der Waals surface area (Å²) in [4.78, 5) is 3.98. The lowest BCUT2D eigenvalue weighted by molar-refractivity contribution is 0.541. The zero-order chi connectivity index (χ0) is 13.2. The summed E-state index contributed by atoms with van der Waals surface area (Å²) in [7, 11) is 0. The molecule has 0 saturated heterocycles. The topological polar surface area (TPSA) is 38.9 Å². The molecule has 18 heavy (non-hydrogen) atoms. The van der Waals surface area contributed by atoms with Gasteiger partial charge in [0.25, 0.3) is 0 Å². The van der Waals surface area contributed by atoms with E-state index < -0.39 is 0 Å². The number of rotatable bonds is 9. The van der Waals surface area contributed by atoms with Crippen molar-refractivity contribution >= 4 is 11.6 Å². The number of aromatic nitrogens is 1. The van der Waals surface area contributed by atoms with Crippen LogP contribution in [0.4, 0.5) is 0 Å². The summed E-state index contributed by atoms with van der Waals surface area (Å²) in [6, 6.07) is 1.98. The first-order chi connectivity index (χ1) is 8.75. The summed E-state index contributed by atoms with van der Waals surface area (Å²) in [5.41, 5.74) is 7.17. The van der Waals surface area contributed by atoms with Crippen molar-refractivity contribution < 1.29 is 0 Å². The maximum Gasteiger partial charge on any atom is 0.0637 e. The van der Waals surface area contributed by atoms with Crippen molar-refractivity contribution in [3.05, 3.63) is 29.0 Å². The van der Waals surface area contributed by atoms with Crippen molar-refractivity contribution in [1.82, 2.24) is 4.98 Å². The molecule has 0 aromatic carbocycles. The number of hydrogen-bond acceptors (Lipinski definition) is 2. The molecule has 102 valence electrons. The zero-order valence-corrected chi connectivity index (χ0v) is 12.1. The molecule has 0 aliphatic heterocycles. The highest BCUT2D eigenvalue weighted by molar-refractivity contribution is 6.31. The van der Waals surface area contributed by atoms with Gasteiger partial charge in [-0.15, -0.1) is 0 Å². The predicted molar refractivity (Wildman–Crippen MR) is 78.8 cm³/mol. The zero-order valence-electron chi connectivity index (χ0n) is 11.4. The Morgan fingerprint density at radius 1 is 1.17 bits per heavy atom. The number of hydrogen-bond donors (Lipinski definition) is 1. The number of pyridine rings is 1. The van der Waals surface area contributed by atoms with Crippen molar-refractivity contribution in [2.45, 2.75) is 64.3 Å². The Morgan fingerprint density at radius 3 is 2.50 bits per heavy atom. The third-order valence-corrected chi connectivity index (χ3v) is 3.64. The summed E-state index contributed by atoms with van der Waals surface area (Å²) < 4.78 is 0. The average molecular weight is 269 g/mol. The van der Waals surface area contributed by atoms with Crippen LogP contribution >= 0.6 is 11.6 Å². The predicted octanol–water partition coefficient (Wildman–Crippen LogP) is 4.88. The van der Waals surface area contributed by atoms with E-state index in [-0.39, 0.29) is 6.04 Å². The van der Waals surface area contributed by atoms with Crippen LogP contribution < -0.4 is 5.73 Å². The highest BCUT2D eigenvalue weighted by Gasteiger charge is 2.09. The van der Waals surface area contributed by atoms with Gasteiger partial charge in [-0.3, -0.25) is 4.98 Å². The molecule has 1 unspecified atom stereocenters. The second-order valence-electron chi connectivity index (χ2n) is 4.91. The van der Waals surface area contributed by atoms with E-state index in [4.69, 9.17) is 17.3 Å². The minimum absolute atomic E-state index is 0.0520. The van der Waals surface area contributed by atoms with Gasteiger partial charge in [0.05, 0.1) is 5.02 Å². The molecule has 0 fully saturated rings. The van der Waals surface area contributed by atoms with Crippen LogP contribution in [0.25, 0.3) is 0 Å². The first-order valence-electron chi connectivity index (χ1n) is 7.10. The highest BCUT2D eigenvalue weighted by atomic mass is 35.5. The van der Waals surface area contributed by atoms with Crippen LogP contribution in [0.5, 0.6) is 0 Å². The van der Waals surface area contributed by atoms with Crippen LogP contribution in [0.1, 0.15) is 69.9 Å². The molecule has 1 atom stereocenters. The van der Waals surface area contributed by atoms with Gasteiger partial charge >= 0.3 is 0 Å². The maximum atomic E-state index is 6.15. The van der Waals surface area contributed by atoms with Gasteiger partial charge in [-0.05, 0) is 18.1 Å². The van der Waals surface area contributed by atoms with E-state index in [9.17, 15) is 0 Å². The van der Waals surface area contributed by atoms with Gasteiger partial charge in [0.1, 0.15) is 0 Å². The highest BCUT2D eigenvalue weighted by Crippen LogP contribution is 2.24. The van der Waals surface area contributed by atoms with Crippen LogP contribution in [0, 0.1) is 0 Å². The Kier molecular flexibility index (Phi) is 8.03. The van der Waals surface area contributed by atoms with Gasteiger partial charge in [-0.2, -0.15) is 0 Å². The average Bonchev–Trinajstić information content (AvgIpc) is 2.38. The number of halogens is 1. The lowest BCUT2D eigenvalue weighted by Gasteiger charge is -2.13. The Morgan fingerprint density at radius 2 is 1.83 bits per heavy atom. The Balaban J connectivity index is 2.14. The molecular weight excluding hydrogens is 244 g/mol. The molecule has 2 nitrogen and oxygen atoms in total. The minimum Gasteiger partial charge on any atom is -0.324 e. The molecule has 0 aliphatic carbocycles. The van der Waals surface area contributed by atoms with Gasteiger partial charge in [0.15, 0.2) is 0 Å². The van der Waals surface area contributed by atoms with E-state index in [0.29, 0.717) is 5.02 Å². The summed E-state index contributed by atoms with van der Waals surface area (Å²) in [5.74, 6) is 0. The molecule has 0 spiro atoms. The molecule has 1 heterocycles. The number of nitrogens with zero attached hydrogens (tertiary/aromatic N) is 1. The van der Waals surface area contributed by atoms with Crippen molar-refractivity contribution in [2.75, 3.05) is 0 Å². The summed E-state index contributed by atoms with van der Waals surface area (Å²) >= 11 is 6.07. The quantitative estimate of drug-likeness (QED) is 0.649. The van der Waals surface area contributed by atoms with Gasteiger partial charge < -0.3 is 5.73 Å². The lowest BCUT2D eigenvalue weighted by atomic mass is 10.0. The molecule has 0 bridgehead atoms. The molecule has 0 amide bonds. The lowest BCUT2D eigenvalue weighted by Crippen LogP contribution is -2.10. The smallest absolute Gasteiger partial charge is 0.0637 e. The summed E-state index contributed by atoms with van der Waals surface area (Å²) in [6.07, 6.45) is 13.6. The van der Waals surface area contributed by atoms with E-state index in [2.05, 4.69) is 11.9 Å².